The van der Waals surface area contributed by atoms with E-state index in [1.807, 2.05) is 24.3 Å². The Balaban J connectivity index is 1.58. The maximum absolute atomic E-state index is 13.9. The first kappa shape index (κ1) is 20.1. The largest absolute Gasteiger partial charge is 0.311 e. The average Bonchev–Trinajstić information content (AvgIpc) is 3.31. The third-order valence-corrected chi connectivity index (χ3v) is 7.30. The number of hydrogen-bond acceptors (Lipinski definition) is 3. The van der Waals surface area contributed by atoms with Gasteiger partial charge in [0.15, 0.2) is 4.87 Å². The van der Waals surface area contributed by atoms with Crippen LogP contribution in [-0.4, -0.2) is 29.0 Å². The minimum absolute atomic E-state index is 0.184. The number of benzene rings is 3. The summed E-state index contributed by atoms with van der Waals surface area (Å²) >= 11 is 7.56. The van der Waals surface area contributed by atoms with Crippen LogP contribution in [0.2, 0.25) is 5.02 Å². The van der Waals surface area contributed by atoms with Crippen LogP contribution < -0.4 is 4.90 Å². The highest BCUT2D eigenvalue weighted by Crippen LogP contribution is 2.54. The average molecular weight is 453 g/mol. The quantitative estimate of drug-likeness (QED) is 0.557. The van der Waals surface area contributed by atoms with Gasteiger partial charge >= 0.3 is 0 Å². The lowest BCUT2D eigenvalue weighted by Gasteiger charge is -2.33. The molecule has 0 unspecified atom stereocenters. The van der Waals surface area contributed by atoms with Gasteiger partial charge in [-0.05, 0) is 42.0 Å². The Bertz CT molecular complexity index is 1200. The minimum Gasteiger partial charge on any atom is -0.311 e. The van der Waals surface area contributed by atoms with E-state index in [4.69, 9.17) is 11.6 Å². The summed E-state index contributed by atoms with van der Waals surface area (Å²) < 4.78 is 13.7. The summed E-state index contributed by atoms with van der Waals surface area (Å²) in [6, 6.07) is 20.5. The molecule has 0 N–H and O–H groups in total. The van der Waals surface area contributed by atoms with Crippen LogP contribution in [-0.2, 0) is 16.2 Å². The standard InChI is InChI=1S/C24H18ClFN2O2S/c25-18-7-4-6-17(14-18)22(29)28-11-12-31-24(28)20-9-1-2-10-21(20)27(23(24)30)15-16-5-3-8-19(26)13-16/h1-10,13-14H,11-12,15H2/t24-/m1/s1. The second-order valence-corrected chi connectivity index (χ2v) is 9.22. The molecule has 31 heavy (non-hydrogen) atoms. The topological polar surface area (TPSA) is 40.6 Å². The van der Waals surface area contributed by atoms with Gasteiger partial charge in [-0.2, -0.15) is 0 Å². The zero-order valence-corrected chi connectivity index (χ0v) is 18.0. The number of carbonyl (C=O) groups is 2. The molecule has 2 heterocycles. The van der Waals surface area contributed by atoms with Crippen molar-refractivity contribution in [2.45, 2.75) is 11.4 Å². The van der Waals surface area contributed by atoms with Gasteiger partial charge in [0, 0.05) is 28.4 Å². The summed E-state index contributed by atoms with van der Waals surface area (Å²) in [7, 11) is 0. The highest BCUT2D eigenvalue weighted by Gasteiger charge is 2.59. The molecule has 5 rings (SSSR count). The Morgan fingerprint density at radius 2 is 1.87 bits per heavy atom. The normalized spacial score (nSPS) is 19.9. The number of carbonyl (C=O) groups excluding carboxylic acids is 2. The lowest BCUT2D eigenvalue weighted by molar-refractivity contribution is -0.123. The van der Waals surface area contributed by atoms with E-state index in [2.05, 4.69) is 0 Å². The van der Waals surface area contributed by atoms with Crippen LogP contribution in [0.5, 0.6) is 0 Å². The van der Waals surface area contributed by atoms with Crippen LogP contribution in [0.4, 0.5) is 10.1 Å². The van der Waals surface area contributed by atoms with Gasteiger partial charge in [0.25, 0.3) is 11.8 Å². The lowest BCUT2D eigenvalue weighted by atomic mass is 10.0. The van der Waals surface area contributed by atoms with E-state index in [9.17, 15) is 14.0 Å². The number of halogens is 2. The van der Waals surface area contributed by atoms with E-state index in [1.165, 1.54) is 23.9 Å². The molecule has 2 aliphatic rings. The molecule has 0 aliphatic carbocycles. The van der Waals surface area contributed by atoms with E-state index in [1.54, 1.807) is 46.2 Å². The zero-order valence-electron chi connectivity index (χ0n) is 16.4. The number of fused-ring (bicyclic) bond motifs is 2. The van der Waals surface area contributed by atoms with Gasteiger partial charge in [0.05, 0.1) is 12.2 Å². The summed E-state index contributed by atoms with van der Waals surface area (Å²) in [4.78, 5) is 29.5. The van der Waals surface area contributed by atoms with Gasteiger partial charge in [0.2, 0.25) is 0 Å². The van der Waals surface area contributed by atoms with Crippen LogP contribution in [0.1, 0.15) is 21.5 Å². The maximum Gasteiger partial charge on any atom is 0.268 e. The molecule has 1 atom stereocenters. The molecule has 156 valence electrons. The van der Waals surface area contributed by atoms with Crippen molar-refractivity contribution in [3.05, 3.63) is 100 Å². The third kappa shape index (κ3) is 3.22. The molecule has 4 nitrogen and oxygen atoms in total. The summed E-state index contributed by atoms with van der Waals surface area (Å²) in [6.45, 7) is 0.680. The second kappa shape index (κ2) is 7.70. The third-order valence-electron chi connectivity index (χ3n) is 5.65. The molecule has 1 spiro atoms. The first-order valence-corrected chi connectivity index (χ1v) is 11.2. The van der Waals surface area contributed by atoms with Crippen LogP contribution in [0, 0.1) is 5.82 Å². The van der Waals surface area contributed by atoms with Crippen molar-refractivity contribution >= 4 is 40.9 Å². The maximum atomic E-state index is 13.9. The van der Waals surface area contributed by atoms with Gasteiger partial charge in [-0.1, -0.05) is 48.0 Å². The number of anilines is 1. The molecular formula is C24H18ClFN2O2S. The molecule has 1 fully saturated rings. The van der Waals surface area contributed by atoms with Gasteiger partial charge in [-0.25, -0.2) is 4.39 Å². The lowest BCUT2D eigenvalue weighted by Crippen LogP contribution is -2.50. The van der Waals surface area contributed by atoms with Gasteiger partial charge in [-0.15, -0.1) is 11.8 Å². The van der Waals surface area contributed by atoms with E-state index in [0.29, 0.717) is 28.4 Å². The Kier molecular flexibility index (Phi) is 4.99. The van der Waals surface area contributed by atoms with Crippen molar-refractivity contribution < 1.29 is 14.0 Å². The first-order chi connectivity index (χ1) is 15.0. The molecule has 0 radical (unpaired) electrons. The molecule has 2 amide bonds. The monoisotopic (exact) mass is 452 g/mol. The molecule has 7 heteroatoms. The molecular weight excluding hydrogens is 435 g/mol. The van der Waals surface area contributed by atoms with Crippen LogP contribution >= 0.6 is 23.4 Å². The second-order valence-electron chi connectivity index (χ2n) is 7.50. The molecule has 2 aliphatic heterocycles. The minimum atomic E-state index is -1.14. The summed E-state index contributed by atoms with van der Waals surface area (Å²) in [6.07, 6.45) is 0. The summed E-state index contributed by atoms with van der Waals surface area (Å²) in [5, 5.41) is 0.470. The molecule has 3 aromatic rings. The van der Waals surface area contributed by atoms with Crippen LogP contribution in [0.15, 0.2) is 72.8 Å². The summed E-state index contributed by atoms with van der Waals surface area (Å²) in [5.41, 5.74) is 2.67. The fourth-order valence-corrected chi connectivity index (χ4v) is 5.97. The van der Waals surface area contributed by atoms with Crippen LogP contribution in [0.25, 0.3) is 0 Å². The SMILES string of the molecule is O=C(c1cccc(Cl)c1)N1CCS[C@]12C(=O)N(Cc1cccc(F)c1)c1ccccc12. The van der Waals surface area contributed by atoms with Crippen molar-refractivity contribution in [2.75, 3.05) is 17.2 Å². The van der Waals surface area contributed by atoms with Gasteiger partial charge in [-0.3, -0.25) is 9.59 Å². The van der Waals surface area contributed by atoms with E-state index in [0.717, 1.165) is 11.3 Å². The number of amides is 2. The van der Waals surface area contributed by atoms with Crippen molar-refractivity contribution in [3.63, 3.8) is 0 Å². The molecule has 0 saturated carbocycles. The number of hydrogen-bond donors (Lipinski definition) is 0. The zero-order chi connectivity index (χ0) is 21.6. The van der Waals surface area contributed by atoms with Crippen LogP contribution in [0.3, 0.4) is 0 Å². The van der Waals surface area contributed by atoms with Gasteiger partial charge < -0.3 is 9.80 Å². The Labute approximate surface area is 188 Å². The first-order valence-electron chi connectivity index (χ1n) is 9.88. The Morgan fingerprint density at radius 3 is 2.68 bits per heavy atom. The predicted octanol–water partition coefficient (Wildman–Crippen LogP) is 5.07. The van der Waals surface area contributed by atoms with E-state index in [-0.39, 0.29) is 24.2 Å². The fourth-order valence-electron chi connectivity index (χ4n) is 4.32. The summed E-state index contributed by atoms with van der Waals surface area (Å²) in [5.74, 6) is -0.126. The number of para-hydroxylation sites is 1. The highest BCUT2D eigenvalue weighted by molar-refractivity contribution is 8.01. The fraction of sp³-hybridized carbons (Fsp3) is 0.167. The van der Waals surface area contributed by atoms with E-state index >= 15 is 0 Å². The Morgan fingerprint density at radius 1 is 1.06 bits per heavy atom. The molecule has 1 saturated heterocycles. The van der Waals surface area contributed by atoms with Crippen molar-refractivity contribution in [1.82, 2.24) is 4.90 Å². The number of nitrogens with zero attached hydrogens (tertiary/aromatic N) is 2. The predicted molar refractivity (Wildman–Crippen MR) is 121 cm³/mol. The van der Waals surface area contributed by atoms with Crippen molar-refractivity contribution in [1.29, 1.82) is 0 Å². The smallest absolute Gasteiger partial charge is 0.268 e. The van der Waals surface area contributed by atoms with Crippen molar-refractivity contribution in [3.8, 4) is 0 Å². The van der Waals surface area contributed by atoms with Crippen molar-refractivity contribution in [2.24, 2.45) is 0 Å². The Hall–Kier alpha value is -2.83. The number of rotatable bonds is 3. The molecule has 0 bridgehead atoms. The highest BCUT2D eigenvalue weighted by atomic mass is 35.5. The molecule has 0 aromatic heterocycles. The number of thioether (sulfide) groups is 1. The van der Waals surface area contributed by atoms with E-state index < -0.39 is 4.87 Å². The molecule has 3 aromatic carbocycles. The van der Waals surface area contributed by atoms with Gasteiger partial charge in [0.1, 0.15) is 5.82 Å².